The Labute approximate surface area is 27.1 Å². The van der Waals surface area contributed by atoms with E-state index in [1.807, 2.05) is 0 Å². The van der Waals surface area contributed by atoms with Gasteiger partial charge in [0.2, 0.25) is 0 Å². The van der Waals surface area contributed by atoms with Crippen molar-refractivity contribution in [3.8, 4) is 0 Å². The van der Waals surface area contributed by atoms with Gasteiger partial charge in [-0.15, -0.1) is 0 Å². The molecule has 0 saturated heterocycles. The normalized spacial score (nSPS) is 7.50. The average Bonchev–Trinajstić information content (AvgIpc) is 1.37. The van der Waals surface area contributed by atoms with Gasteiger partial charge in [-0.2, -0.15) is 0 Å². The predicted octanol–water partition coefficient (Wildman–Crippen LogP) is 1.48. The van der Waals surface area contributed by atoms with E-state index in [4.69, 9.17) is 0 Å². The third-order valence-corrected chi connectivity index (χ3v) is 0.189. The Bertz CT molecular complexity index is 8.85. The van der Waals surface area contributed by atoms with Crippen molar-refractivity contribution < 1.29 is 5.82 Å². The van der Waals surface area contributed by atoms with Gasteiger partial charge in [0, 0.05) is 0 Å². The van der Waals surface area contributed by atoms with Crippen LogP contribution in [0.25, 0.3) is 0 Å². The molecular formula is C3H8F+. The Morgan fingerprint density at radius 3 is 2.25 bits per heavy atom. The van der Waals surface area contributed by atoms with E-state index in [1.54, 1.807) is 6.92 Å². The minimum absolute atomic E-state index is 0. The van der Waals surface area contributed by atoms with Crippen LogP contribution in [0.2, 0.25) is 0 Å². The summed E-state index contributed by atoms with van der Waals surface area (Å²) in [5.74, 6) is 0. The van der Waals surface area contributed by atoms with Gasteiger partial charge in [-0.25, -0.2) is 0 Å². The molecule has 0 nitrogen and oxygen atoms in total. The van der Waals surface area contributed by atoms with E-state index < -0.39 is 0 Å². The van der Waals surface area contributed by atoms with Crippen molar-refractivity contribution in [1.82, 2.24) is 0 Å². The zero-order chi connectivity index (χ0) is 3.41. The molecule has 0 aromatic carbocycles. The number of rotatable bonds is 1. The van der Waals surface area contributed by atoms with Crippen LogP contribution >= 0.6 is 0 Å². The van der Waals surface area contributed by atoms with Gasteiger partial charge in [-0.3, -0.25) is 4.39 Å². The minimum Gasteiger partial charge on any atom is -0.251 e. The molecular weight excluding hydrogens is 55.0 g/mol. The molecule has 0 saturated carbocycles. The van der Waals surface area contributed by atoms with Crippen LogP contribution in [0.1, 0.15) is 14.8 Å². The molecule has 26 valence electrons. The van der Waals surface area contributed by atoms with Gasteiger partial charge in [-0.1, -0.05) is 6.92 Å². The summed E-state index contributed by atoms with van der Waals surface area (Å²) in [5.41, 5.74) is 0. The molecule has 1 heteroatoms. The fraction of sp³-hybridized carbons (Fsp3) is 1.00. The molecule has 0 spiro atoms. The maximum atomic E-state index is 10.7. The third-order valence-electron chi connectivity index (χ3n) is 0.189. The Morgan fingerprint density at radius 2 is 2.25 bits per heavy atom. The molecule has 0 rings (SSSR count). The van der Waals surface area contributed by atoms with Crippen molar-refractivity contribution in [3.63, 3.8) is 0 Å². The van der Waals surface area contributed by atoms with Gasteiger partial charge < -0.3 is 0 Å². The lowest BCUT2D eigenvalue weighted by atomic mass is 10.6. The zero-order valence-electron chi connectivity index (χ0n) is 3.79. The maximum Gasteiger partial charge on any atom is 1.00 e. The number of hydrogen-bond acceptors (Lipinski definition) is 0. The standard InChI is InChI=1S/C3H7F/c1-2-3-4/h2-3H2,1H3/p+1. The number of hydrogen-bond donors (Lipinski definition) is 0. The van der Waals surface area contributed by atoms with E-state index in [0.717, 1.165) is 0 Å². The van der Waals surface area contributed by atoms with Gasteiger partial charge in [0.05, 0.1) is 6.67 Å². The second-order valence-corrected chi connectivity index (χ2v) is 0.689. The lowest BCUT2D eigenvalue weighted by Gasteiger charge is -1.64. The fourth-order valence-corrected chi connectivity index (χ4v) is 0. The van der Waals surface area contributed by atoms with Crippen LogP contribution < -0.4 is 0 Å². The predicted molar refractivity (Wildman–Crippen MR) is 17.4 cm³/mol. The van der Waals surface area contributed by atoms with Crippen LogP contribution in [0.5, 0.6) is 0 Å². The summed E-state index contributed by atoms with van der Waals surface area (Å²) in [5, 5.41) is 0. The lowest BCUT2D eigenvalue weighted by Crippen LogP contribution is -1.58. The Balaban J connectivity index is 0. The first kappa shape index (κ1) is 3.93. The first-order valence-electron chi connectivity index (χ1n) is 1.47. The second-order valence-electron chi connectivity index (χ2n) is 0.689. The summed E-state index contributed by atoms with van der Waals surface area (Å²) < 4.78 is 10.7. The fourth-order valence-electron chi connectivity index (χ4n) is 0. The highest BCUT2D eigenvalue weighted by atomic mass is 19.1. The van der Waals surface area contributed by atoms with Crippen LogP contribution in [0.15, 0.2) is 0 Å². The van der Waals surface area contributed by atoms with Crippen LogP contribution in [-0.4, -0.2) is 6.67 Å². The van der Waals surface area contributed by atoms with Crippen LogP contribution in [0.3, 0.4) is 0 Å². The smallest absolute Gasteiger partial charge is 0.251 e. The van der Waals surface area contributed by atoms with Gasteiger partial charge >= 0.3 is 1.43 Å². The van der Waals surface area contributed by atoms with E-state index in [-0.39, 0.29) is 8.10 Å². The molecule has 0 aliphatic carbocycles. The molecule has 0 aromatic heterocycles. The van der Waals surface area contributed by atoms with Gasteiger partial charge in [0.25, 0.3) is 0 Å². The molecule has 0 unspecified atom stereocenters. The lowest BCUT2D eigenvalue weighted by molar-refractivity contribution is 0.487. The first-order valence-corrected chi connectivity index (χ1v) is 1.47. The van der Waals surface area contributed by atoms with Gasteiger partial charge in [-0.05, 0) is 6.42 Å². The van der Waals surface area contributed by atoms with E-state index in [0.29, 0.717) is 6.42 Å². The topological polar surface area (TPSA) is 0 Å². The first-order chi connectivity index (χ1) is 1.91. The zero-order valence-corrected chi connectivity index (χ0v) is 2.79. The number of halogens is 1. The van der Waals surface area contributed by atoms with Crippen molar-refractivity contribution >= 4 is 0 Å². The Hall–Kier alpha value is -0.0700. The van der Waals surface area contributed by atoms with Crippen LogP contribution in [0, 0.1) is 0 Å². The minimum atomic E-state index is -0.181. The molecule has 4 heavy (non-hydrogen) atoms. The largest absolute Gasteiger partial charge is 1.00 e. The third kappa shape index (κ3) is 1.93. The summed E-state index contributed by atoms with van der Waals surface area (Å²) in [7, 11) is 0. The van der Waals surface area contributed by atoms with Crippen molar-refractivity contribution in [3.05, 3.63) is 0 Å². The molecule has 0 radical (unpaired) electrons. The SMILES string of the molecule is CCCF.[H+]. The summed E-state index contributed by atoms with van der Waals surface area (Å²) in [6.45, 7) is 1.62. The van der Waals surface area contributed by atoms with Gasteiger partial charge in [0.15, 0.2) is 0 Å². The number of alkyl halides is 1. The highest BCUT2D eigenvalue weighted by Gasteiger charge is 1.60. The molecule has 0 heterocycles. The average molecular weight is 63.1 g/mol. The van der Waals surface area contributed by atoms with Crippen LogP contribution in [0.4, 0.5) is 4.39 Å². The highest BCUT2D eigenvalue weighted by Crippen LogP contribution is 1.69. The second kappa shape index (κ2) is 2.93. The summed E-state index contributed by atoms with van der Waals surface area (Å²) >= 11 is 0. The molecule has 0 bridgehead atoms. The monoisotopic (exact) mass is 63.1 g/mol. The quantitative estimate of drug-likeness (QED) is 0.432. The Morgan fingerprint density at radius 1 is 2.00 bits per heavy atom. The summed E-state index contributed by atoms with van der Waals surface area (Å²) in [4.78, 5) is 0. The maximum absolute atomic E-state index is 10.7. The molecule has 0 amide bonds. The van der Waals surface area contributed by atoms with E-state index in [9.17, 15) is 4.39 Å². The van der Waals surface area contributed by atoms with Crippen LogP contribution in [-0.2, 0) is 0 Å². The highest BCUT2D eigenvalue weighted by molar-refractivity contribution is 4.11. The Kier molecular flexibility index (Phi) is 2.88. The summed E-state index contributed by atoms with van der Waals surface area (Å²) in [6, 6.07) is 0. The van der Waals surface area contributed by atoms with Crippen molar-refractivity contribution in [2.45, 2.75) is 13.3 Å². The molecule has 0 atom stereocenters. The van der Waals surface area contributed by atoms with E-state index in [2.05, 4.69) is 0 Å². The molecule has 0 aliphatic heterocycles. The van der Waals surface area contributed by atoms with E-state index >= 15 is 0 Å². The molecule has 0 N–H and O–H groups in total. The molecule has 0 fully saturated rings. The summed E-state index contributed by atoms with van der Waals surface area (Å²) in [6.07, 6.45) is 0.653. The van der Waals surface area contributed by atoms with Crippen molar-refractivity contribution in [1.29, 1.82) is 0 Å². The van der Waals surface area contributed by atoms with Gasteiger partial charge in [0.1, 0.15) is 0 Å². The van der Waals surface area contributed by atoms with Crippen molar-refractivity contribution in [2.24, 2.45) is 0 Å². The van der Waals surface area contributed by atoms with E-state index in [1.165, 1.54) is 0 Å². The molecule has 0 aliphatic rings. The van der Waals surface area contributed by atoms with Crippen molar-refractivity contribution in [2.75, 3.05) is 6.67 Å². The molecule has 0 aromatic rings.